The second kappa shape index (κ2) is 10.1. The van der Waals surface area contributed by atoms with E-state index in [-0.39, 0.29) is 5.91 Å². The Balaban J connectivity index is 1.36. The average Bonchev–Trinajstić information content (AvgIpc) is 3.51. The van der Waals surface area contributed by atoms with E-state index < -0.39 is 0 Å². The first-order chi connectivity index (χ1) is 15.5. The van der Waals surface area contributed by atoms with Crippen molar-refractivity contribution in [1.29, 1.82) is 0 Å². The number of carbonyl (C=O) groups is 1. The molecule has 168 valence electrons. The lowest BCUT2D eigenvalue weighted by Gasteiger charge is -2.17. The van der Waals surface area contributed by atoms with E-state index in [9.17, 15) is 4.79 Å². The molecular weight excluding hydrogens is 428 g/mol. The van der Waals surface area contributed by atoms with Crippen LogP contribution in [-0.2, 0) is 16.0 Å². The summed E-state index contributed by atoms with van der Waals surface area (Å²) in [6, 6.07) is 9.22. The van der Waals surface area contributed by atoms with Crippen molar-refractivity contribution in [3.8, 4) is 11.3 Å². The number of allylic oxidation sites excluding steroid dienone is 2. The number of halogens is 1. The molecule has 0 aliphatic carbocycles. The highest BCUT2D eigenvalue weighted by Crippen LogP contribution is 2.33. The SMILES string of the molecule is C=C(/C=C\C(=C\OC)OCCN1CCCC1)N1Cc2cc(-c3ccc(Cl)cc3)oc2C1=O. The maximum Gasteiger partial charge on any atom is 0.294 e. The standard InChI is InChI=1S/C25H27ClN2O4/c1-18(5-10-22(17-30-2)31-14-13-27-11-3-4-12-27)28-16-20-15-23(32-24(20)25(28)29)19-6-8-21(26)9-7-19/h5-10,15,17H,1,3-4,11-14,16H2,2H3/b10-5-,22-17-. The van der Waals surface area contributed by atoms with Crippen molar-refractivity contribution < 1.29 is 18.7 Å². The Bertz CT molecular complexity index is 1030. The number of hydrogen-bond donors (Lipinski definition) is 0. The number of ether oxygens (including phenoxy) is 2. The highest BCUT2D eigenvalue weighted by molar-refractivity contribution is 6.30. The molecule has 1 aromatic carbocycles. The zero-order valence-corrected chi connectivity index (χ0v) is 18.9. The van der Waals surface area contributed by atoms with Crippen LogP contribution in [0.4, 0.5) is 0 Å². The van der Waals surface area contributed by atoms with Crippen LogP contribution in [0.2, 0.25) is 5.02 Å². The van der Waals surface area contributed by atoms with Crippen LogP contribution in [0, 0.1) is 0 Å². The molecule has 1 saturated heterocycles. The summed E-state index contributed by atoms with van der Waals surface area (Å²) in [5.74, 6) is 1.37. The molecule has 2 aliphatic rings. The van der Waals surface area contributed by atoms with Crippen molar-refractivity contribution in [3.05, 3.63) is 83.1 Å². The Labute approximate surface area is 193 Å². The molecule has 1 fully saturated rings. The van der Waals surface area contributed by atoms with E-state index in [0.717, 1.165) is 30.8 Å². The molecule has 2 aliphatic heterocycles. The van der Waals surface area contributed by atoms with Gasteiger partial charge in [-0.15, -0.1) is 0 Å². The van der Waals surface area contributed by atoms with Crippen molar-refractivity contribution in [2.45, 2.75) is 19.4 Å². The highest BCUT2D eigenvalue weighted by atomic mass is 35.5. The summed E-state index contributed by atoms with van der Waals surface area (Å²) in [6.07, 6.45) is 7.57. The first kappa shape index (κ1) is 22.2. The number of benzene rings is 1. The monoisotopic (exact) mass is 454 g/mol. The van der Waals surface area contributed by atoms with Crippen molar-refractivity contribution in [2.75, 3.05) is 33.4 Å². The fourth-order valence-electron chi connectivity index (χ4n) is 3.89. The van der Waals surface area contributed by atoms with Gasteiger partial charge in [0.2, 0.25) is 0 Å². The summed E-state index contributed by atoms with van der Waals surface area (Å²) in [4.78, 5) is 16.8. The fraction of sp³-hybridized carbons (Fsp3) is 0.320. The first-order valence-electron chi connectivity index (χ1n) is 10.7. The number of likely N-dealkylation sites (tertiary alicyclic amines) is 1. The summed E-state index contributed by atoms with van der Waals surface area (Å²) in [7, 11) is 1.58. The lowest BCUT2D eigenvalue weighted by molar-refractivity contribution is 0.0806. The second-order valence-corrected chi connectivity index (χ2v) is 8.28. The molecule has 0 saturated carbocycles. The minimum atomic E-state index is -0.206. The van der Waals surface area contributed by atoms with E-state index in [1.54, 1.807) is 42.6 Å². The van der Waals surface area contributed by atoms with Gasteiger partial charge in [-0.05, 0) is 68.4 Å². The Hall–Kier alpha value is -2.96. The van der Waals surface area contributed by atoms with Crippen LogP contribution < -0.4 is 0 Å². The molecule has 1 amide bonds. The van der Waals surface area contributed by atoms with Crippen molar-refractivity contribution in [1.82, 2.24) is 9.80 Å². The van der Waals surface area contributed by atoms with Crippen molar-refractivity contribution in [2.24, 2.45) is 0 Å². The lowest BCUT2D eigenvalue weighted by atomic mass is 10.1. The molecule has 7 heteroatoms. The molecule has 1 aromatic heterocycles. The first-order valence-corrected chi connectivity index (χ1v) is 11.1. The topological polar surface area (TPSA) is 55.2 Å². The van der Waals surface area contributed by atoms with Crippen LogP contribution in [-0.4, -0.2) is 49.1 Å². The number of carbonyl (C=O) groups excluding carboxylic acids is 1. The smallest absolute Gasteiger partial charge is 0.294 e. The molecule has 0 radical (unpaired) electrons. The number of hydrogen-bond acceptors (Lipinski definition) is 5. The van der Waals surface area contributed by atoms with Gasteiger partial charge in [0.25, 0.3) is 5.91 Å². The third-order valence-electron chi connectivity index (χ3n) is 5.60. The second-order valence-electron chi connectivity index (χ2n) is 7.84. The maximum atomic E-state index is 12.9. The van der Waals surface area contributed by atoms with Crippen LogP contribution in [0.1, 0.15) is 29.0 Å². The van der Waals surface area contributed by atoms with Gasteiger partial charge in [0, 0.05) is 28.4 Å². The number of amides is 1. The Morgan fingerprint density at radius 3 is 2.66 bits per heavy atom. The van der Waals surface area contributed by atoms with E-state index in [2.05, 4.69) is 11.5 Å². The summed E-state index contributed by atoms with van der Waals surface area (Å²) in [6.45, 7) is 8.18. The van der Waals surface area contributed by atoms with Gasteiger partial charge in [0.1, 0.15) is 18.6 Å². The number of fused-ring (bicyclic) bond motifs is 1. The fourth-order valence-corrected chi connectivity index (χ4v) is 4.01. The van der Waals surface area contributed by atoms with Crippen LogP contribution >= 0.6 is 11.6 Å². The summed E-state index contributed by atoms with van der Waals surface area (Å²) < 4.78 is 16.8. The predicted molar refractivity (Wildman–Crippen MR) is 124 cm³/mol. The van der Waals surface area contributed by atoms with Gasteiger partial charge >= 0.3 is 0 Å². The number of rotatable bonds is 9. The number of furan rings is 1. The van der Waals surface area contributed by atoms with Gasteiger partial charge in [-0.3, -0.25) is 9.69 Å². The summed E-state index contributed by atoms with van der Waals surface area (Å²) >= 11 is 5.95. The molecule has 2 aromatic rings. The third kappa shape index (κ3) is 5.09. The molecule has 4 rings (SSSR count). The largest absolute Gasteiger partial charge is 0.501 e. The third-order valence-corrected chi connectivity index (χ3v) is 5.85. The molecular formula is C25H27ClN2O4. The Morgan fingerprint density at radius 2 is 1.97 bits per heavy atom. The van der Waals surface area contributed by atoms with Crippen LogP contribution in [0.3, 0.4) is 0 Å². The molecule has 0 N–H and O–H groups in total. The zero-order valence-electron chi connectivity index (χ0n) is 18.2. The minimum absolute atomic E-state index is 0.206. The van der Waals surface area contributed by atoms with Gasteiger partial charge in [-0.1, -0.05) is 18.2 Å². The number of methoxy groups -OCH3 is 1. The Morgan fingerprint density at radius 1 is 1.22 bits per heavy atom. The molecule has 0 spiro atoms. The van der Waals surface area contributed by atoms with E-state index >= 15 is 0 Å². The van der Waals surface area contributed by atoms with E-state index in [1.807, 2.05) is 18.2 Å². The molecule has 6 nitrogen and oxygen atoms in total. The van der Waals surface area contributed by atoms with E-state index in [0.29, 0.717) is 41.2 Å². The molecule has 0 unspecified atom stereocenters. The predicted octanol–water partition coefficient (Wildman–Crippen LogP) is 5.23. The molecule has 3 heterocycles. The molecule has 0 bridgehead atoms. The van der Waals surface area contributed by atoms with Gasteiger partial charge in [-0.25, -0.2) is 0 Å². The quantitative estimate of drug-likeness (QED) is 0.384. The van der Waals surface area contributed by atoms with Crippen molar-refractivity contribution in [3.63, 3.8) is 0 Å². The average molecular weight is 455 g/mol. The van der Waals surface area contributed by atoms with Gasteiger partial charge in [0.15, 0.2) is 11.5 Å². The lowest BCUT2D eigenvalue weighted by Crippen LogP contribution is -2.24. The molecule has 0 atom stereocenters. The van der Waals surface area contributed by atoms with Crippen LogP contribution in [0.25, 0.3) is 11.3 Å². The zero-order chi connectivity index (χ0) is 22.5. The minimum Gasteiger partial charge on any atom is -0.501 e. The maximum absolute atomic E-state index is 12.9. The van der Waals surface area contributed by atoms with Crippen LogP contribution in [0.15, 0.2) is 71.2 Å². The van der Waals surface area contributed by atoms with Gasteiger partial charge in [-0.2, -0.15) is 0 Å². The van der Waals surface area contributed by atoms with Crippen LogP contribution in [0.5, 0.6) is 0 Å². The van der Waals surface area contributed by atoms with E-state index in [4.69, 9.17) is 25.5 Å². The number of nitrogens with zero attached hydrogens (tertiary/aromatic N) is 2. The van der Waals surface area contributed by atoms with Gasteiger partial charge in [0.05, 0.1) is 13.7 Å². The summed E-state index contributed by atoms with van der Waals surface area (Å²) in [5.41, 5.74) is 2.27. The van der Waals surface area contributed by atoms with Crippen molar-refractivity contribution >= 4 is 17.5 Å². The normalized spacial score (nSPS) is 16.8. The van der Waals surface area contributed by atoms with E-state index in [1.165, 1.54) is 12.8 Å². The van der Waals surface area contributed by atoms with Gasteiger partial charge < -0.3 is 18.8 Å². The summed E-state index contributed by atoms with van der Waals surface area (Å²) in [5, 5.41) is 0.653. The molecule has 32 heavy (non-hydrogen) atoms. The Kier molecular flexibility index (Phi) is 7.02. The highest BCUT2D eigenvalue weighted by Gasteiger charge is 2.33.